The fourth-order valence-electron chi connectivity index (χ4n) is 2.53. The van der Waals surface area contributed by atoms with Crippen LogP contribution < -0.4 is 0 Å². The summed E-state index contributed by atoms with van der Waals surface area (Å²) in [7, 11) is 4.17. The third kappa shape index (κ3) is 3.37. The van der Waals surface area contributed by atoms with Gasteiger partial charge in [-0.25, -0.2) is 0 Å². The molecule has 104 valence electrons. The molecule has 0 bridgehead atoms. The normalized spacial score (nSPS) is 19.8. The van der Waals surface area contributed by atoms with E-state index in [1.54, 1.807) is 0 Å². The highest BCUT2D eigenvalue weighted by Crippen LogP contribution is 2.22. The molecule has 3 nitrogen and oxygen atoms in total. The molecule has 0 saturated carbocycles. The molecule has 0 aliphatic carbocycles. The highest BCUT2D eigenvalue weighted by atomic mass is 79.9. The molecule has 0 aromatic heterocycles. The molecule has 1 fully saturated rings. The molecule has 1 aliphatic rings. The van der Waals surface area contributed by atoms with Crippen molar-refractivity contribution in [3.05, 3.63) is 33.8 Å². The van der Waals surface area contributed by atoms with Crippen LogP contribution >= 0.6 is 15.9 Å². The van der Waals surface area contributed by atoms with E-state index in [4.69, 9.17) is 0 Å². The topological polar surface area (TPSA) is 23.6 Å². The fourth-order valence-corrected chi connectivity index (χ4v) is 2.95. The maximum Gasteiger partial charge on any atom is 0.255 e. The first-order valence-electron chi connectivity index (χ1n) is 6.71. The summed E-state index contributed by atoms with van der Waals surface area (Å²) in [6.07, 6.45) is 2.25. The van der Waals surface area contributed by atoms with Gasteiger partial charge >= 0.3 is 0 Å². The molecular weight excluding hydrogens is 304 g/mol. The summed E-state index contributed by atoms with van der Waals surface area (Å²) >= 11 is 3.48. The summed E-state index contributed by atoms with van der Waals surface area (Å²) in [5.41, 5.74) is 1.90. The molecule has 1 amide bonds. The van der Waals surface area contributed by atoms with Gasteiger partial charge in [-0.2, -0.15) is 0 Å². The number of hydrogen-bond acceptors (Lipinski definition) is 2. The quantitative estimate of drug-likeness (QED) is 0.835. The van der Waals surface area contributed by atoms with Crippen LogP contribution in [0.25, 0.3) is 0 Å². The Bertz CT molecular complexity index is 473. The van der Waals surface area contributed by atoms with Gasteiger partial charge in [-0.3, -0.25) is 4.79 Å². The molecule has 1 aliphatic heterocycles. The zero-order chi connectivity index (χ0) is 14.0. The summed E-state index contributed by atoms with van der Waals surface area (Å²) in [4.78, 5) is 16.8. The minimum absolute atomic E-state index is 0.141. The van der Waals surface area contributed by atoms with Gasteiger partial charge in [0.1, 0.15) is 0 Å². The SMILES string of the molecule is Cc1ccc(Br)c(C(=O)N2CCCC(N(C)C)C2)c1. The molecule has 0 radical (unpaired) electrons. The van der Waals surface area contributed by atoms with Crippen LogP contribution in [0.15, 0.2) is 22.7 Å². The lowest BCUT2D eigenvalue weighted by Gasteiger charge is -2.36. The number of likely N-dealkylation sites (tertiary alicyclic amines) is 1. The van der Waals surface area contributed by atoms with Gasteiger partial charge in [-0.1, -0.05) is 11.6 Å². The Morgan fingerprint density at radius 3 is 2.84 bits per heavy atom. The number of aryl methyl sites for hydroxylation is 1. The second-order valence-corrected chi connectivity index (χ2v) is 6.35. The average molecular weight is 325 g/mol. The van der Waals surface area contributed by atoms with Gasteiger partial charge in [0.25, 0.3) is 5.91 Å². The number of halogens is 1. The van der Waals surface area contributed by atoms with Gasteiger partial charge in [0.15, 0.2) is 0 Å². The van der Waals surface area contributed by atoms with Gasteiger partial charge in [-0.05, 0) is 61.9 Å². The van der Waals surface area contributed by atoms with E-state index in [-0.39, 0.29) is 5.91 Å². The van der Waals surface area contributed by atoms with Crippen molar-refractivity contribution in [2.75, 3.05) is 27.2 Å². The Hall–Kier alpha value is -0.870. The maximum absolute atomic E-state index is 12.6. The van der Waals surface area contributed by atoms with E-state index >= 15 is 0 Å². The first-order chi connectivity index (χ1) is 8.99. The van der Waals surface area contributed by atoms with E-state index in [9.17, 15) is 4.79 Å². The van der Waals surface area contributed by atoms with Crippen molar-refractivity contribution in [2.24, 2.45) is 0 Å². The van der Waals surface area contributed by atoms with E-state index < -0.39 is 0 Å². The third-order valence-electron chi connectivity index (χ3n) is 3.77. The Morgan fingerprint density at radius 1 is 1.42 bits per heavy atom. The van der Waals surface area contributed by atoms with Crippen LogP contribution in [0, 0.1) is 6.92 Å². The molecule has 19 heavy (non-hydrogen) atoms. The zero-order valence-corrected chi connectivity index (χ0v) is 13.4. The van der Waals surface area contributed by atoms with E-state index in [0.29, 0.717) is 6.04 Å². The fraction of sp³-hybridized carbons (Fsp3) is 0.533. The van der Waals surface area contributed by atoms with Crippen molar-refractivity contribution in [1.29, 1.82) is 0 Å². The number of nitrogens with zero attached hydrogens (tertiary/aromatic N) is 2. The summed E-state index contributed by atoms with van der Waals surface area (Å²) < 4.78 is 0.884. The molecule has 1 atom stereocenters. The van der Waals surface area contributed by atoms with E-state index in [2.05, 4.69) is 34.9 Å². The number of carbonyl (C=O) groups excluding carboxylic acids is 1. The number of carbonyl (C=O) groups is 1. The number of likely N-dealkylation sites (N-methyl/N-ethyl adjacent to an activating group) is 1. The van der Waals surface area contributed by atoms with Crippen LogP contribution in [0.3, 0.4) is 0 Å². The highest BCUT2D eigenvalue weighted by Gasteiger charge is 2.26. The molecule has 1 unspecified atom stereocenters. The minimum atomic E-state index is 0.141. The third-order valence-corrected chi connectivity index (χ3v) is 4.46. The van der Waals surface area contributed by atoms with Crippen molar-refractivity contribution in [3.8, 4) is 0 Å². The van der Waals surface area contributed by atoms with E-state index in [1.165, 1.54) is 6.42 Å². The van der Waals surface area contributed by atoms with Crippen molar-refractivity contribution < 1.29 is 4.79 Å². The van der Waals surface area contributed by atoms with Crippen LogP contribution in [0.1, 0.15) is 28.8 Å². The van der Waals surface area contributed by atoms with Crippen LogP contribution in [-0.4, -0.2) is 48.9 Å². The maximum atomic E-state index is 12.6. The number of rotatable bonds is 2. The van der Waals surface area contributed by atoms with Gasteiger partial charge in [0, 0.05) is 23.6 Å². The predicted molar refractivity (Wildman–Crippen MR) is 81.5 cm³/mol. The Labute approximate surface area is 123 Å². The van der Waals surface area contributed by atoms with Crippen LogP contribution in [0.4, 0.5) is 0 Å². The summed E-state index contributed by atoms with van der Waals surface area (Å²) in [5.74, 6) is 0.141. The highest BCUT2D eigenvalue weighted by molar-refractivity contribution is 9.10. The lowest BCUT2D eigenvalue weighted by Crippen LogP contribution is -2.47. The Balaban J connectivity index is 2.17. The van der Waals surface area contributed by atoms with Crippen LogP contribution in [0.2, 0.25) is 0 Å². The predicted octanol–water partition coefficient (Wildman–Crippen LogP) is 2.92. The van der Waals surface area contributed by atoms with Gasteiger partial charge in [-0.15, -0.1) is 0 Å². The molecule has 1 aromatic carbocycles. The molecule has 2 rings (SSSR count). The smallest absolute Gasteiger partial charge is 0.255 e. The van der Waals surface area contributed by atoms with Crippen molar-refractivity contribution in [1.82, 2.24) is 9.80 Å². The summed E-state index contributed by atoms with van der Waals surface area (Å²) in [6, 6.07) is 6.41. The van der Waals surface area contributed by atoms with E-state index in [1.807, 2.05) is 30.0 Å². The first-order valence-corrected chi connectivity index (χ1v) is 7.50. The average Bonchev–Trinajstić information content (AvgIpc) is 2.41. The van der Waals surface area contributed by atoms with Gasteiger partial charge < -0.3 is 9.80 Å². The standard InChI is InChI=1S/C15H21BrN2O/c1-11-6-7-14(16)13(9-11)15(19)18-8-4-5-12(10-18)17(2)3/h6-7,9,12H,4-5,8,10H2,1-3H3. The van der Waals surface area contributed by atoms with Crippen LogP contribution in [0.5, 0.6) is 0 Å². The Morgan fingerprint density at radius 2 is 2.16 bits per heavy atom. The number of benzene rings is 1. The Kier molecular flexibility index (Phi) is 4.63. The lowest BCUT2D eigenvalue weighted by molar-refractivity contribution is 0.0634. The minimum Gasteiger partial charge on any atom is -0.337 e. The van der Waals surface area contributed by atoms with E-state index in [0.717, 1.165) is 35.1 Å². The lowest BCUT2D eigenvalue weighted by atomic mass is 10.0. The number of hydrogen-bond donors (Lipinski definition) is 0. The van der Waals surface area contributed by atoms with Crippen molar-refractivity contribution in [2.45, 2.75) is 25.8 Å². The number of piperidine rings is 1. The molecule has 1 saturated heterocycles. The number of amides is 1. The van der Waals surface area contributed by atoms with Crippen molar-refractivity contribution >= 4 is 21.8 Å². The molecule has 0 spiro atoms. The summed E-state index contributed by atoms with van der Waals surface area (Å²) in [6.45, 7) is 3.71. The molecule has 0 N–H and O–H groups in total. The van der Waals surface area contributed by atoms with Gasteiger partial charge in [0.2, 0.25) is 0 Å². The molecular formula is C15H21BrN2O. The monoisotopic (exact) mass is 324 g/mol. The zero-order valence-electron chi connectivity index (χ0n) is 11.8. The molecule has 1 aromatic rings. The first kappa shape index (κ1) is 14.5. The van der Waals surface area contributed by atoms with Crippen LogP contribution in [-0.2, 0) is 0 Å². The van der Waals surface area contributed by atoms with Gasteiger partial charge in [0.05, 0.1) is 5.56 Å². The second-order valence-electron chi connectivity index (χ2n) is 5.49. The largest absolute Gasteiger partial charge is 0.337 e. The van der Waals surface area contributed by atoms with Crippen molar-refractivity contribution in [3.63, 3.8) is 0 Å². The molecule has 4 heteroatoms. The molecule has 1 heterocycles. The summed E-state index contributed by atoms with van der Waals surface area (Å²) in [5, 5.41) is 0. The second kappa shape index (κ2) is 6.06.